The molecule has 2 N–H and O–H groups in total. The highest BCUT2D eigenvalue weighted by molar-refractivity contribution is 6.03. The van der Waals surface area contributed by atoms with Gasteiger partial charge >= 0.3 is 0 Å². The van der Waals surface area contributed by atoms with Crippen molar-refractivity contribution in [3.8, 4) is 0 Å². The highest BCUT2D eigenvalue weighted by Crippen LogP contribution is 2.19. The van der Waals surface area contributed by atoms with E-state index in [0.29, 0.717) is 0 Å². The van der Waals surface area contributed by atoms with Crippen molar-refractivity contribution in [2.75, 3.05) is 5.32 Å². The van der Waals surface area contributed by atoms with Gasteiger partial charge in [-0.1, -0.05) is 18.2 Å². The molecule has 3 rings (SSSR count). The summed E-state index contributed by atoms with van der Waals surface area (Å²) in [5, 5.41) is 5.24. The molecule has 0 atom stereocenters. The number of pyridine rings is 1. The van der Waals surface area contributed by atoms with Gasteiger partial charge in [0.1, 0.15) is 17.2 Å². The Morgan fingerprint density at radius 2 is 1.68 bits per heavy atom. The van der Waals surface area contributed by atoms with Crippen LogP contribution < -0.4 is 10.6 Å². The van der Waals surface area contributed by atoms with E-state index in [2.05, 4.69) is 15.6 Å². The van der Waals surface area contributed by atoms with Crippen molar-refractivity contribution in [1.82, 2.24) is 10.3 Å². The number of hydrogen-bond donors (Lipinski definition) is 2. The zero-order valence-corrected chi connectivity index (χ0v) is 11.7. The van der Waals surface area contributed by atoms with E-state index in [1.54, 1.807) is 12.1 Å². The summed E-state index contributed by atoms with van der Waals surface area (Å²) in [6.45, 7) is 0. The lowest BCUT2D eigenvalue weighted by Crippen LogP contribution is -2.27. The number of rotatable bonds is 4. The van der Waals surface area contributed by atoms with E-state index in [0.717, 1.165) is 12.8 Å². The number of hydrogen-bond acceptors (Lipinski definition) is 3. The van der Waals surface area contributed by atoms with Gasteiger partial charge in [-0.05, 0) is 37.1 Å². The first kappa shape index (κ1) is 14.2. The Morgan fingerprint density at radius 1 is 1.00 bits per heavy atom. The van der Waals surface area contributed by atoms with Gasteiger partial charge in [0.25, 0.3) is 11.8 Å². The van der Waals surface area contributed by atoms with Gasteiger partial charge in [0, 0.05) is 6.04 Å². The first-order valence-electron chi connectivity index (χ1n) is 6.97. The molecule has 0 radical (unpaired) electrons. The molecule has 2 amide bonds. The van der Waals surface area contributed by atoms with E-state index >= 15 is 0 Å². The van der Waals surface area contributed by atoms with E-state index in [4.69, 9.17) is 0 Å². The number of para-hydroxylation sites is 1. The van der Waals surface area contributed by atoms with Crippen LogP contribution in [0.25, 0.3) is 0 Å². The molecular formula is C16H14FN3O2. The SMILES string of the molecule is O=C(Nc1ccccc1F)c1cccc(C(=O)NC2CC2)n1. The molecule has 0 bridgehead atoms. The van der Waals surface area contributed by atoms with Gasteiger partial charge in [-0.15, -0.1) is 0 Å². The zero-order valence-electron chi connectivity index (χ0n) is 11.7. The van der Waals surface area contributed by atoms with Crippen molar-refractivity contribution >= 4 is 17.5 Å². The summed E-state index contributed by atoms with van der Waals surface area (Å²) in [6.07, 6.45) is 1.94. The van der Waals surface area contributed by atoms with Crippen LogP contribution in [0.5, 0.6) is 0 Å². The second kappa shape index (κ2) is 5.93. The van der Waals surface area contributed by atoms with Gasteiger partial charge in [-0.2, -0.15) is 0 Å². The fraction of sp³-hybridized carbons (Fsp3) is 0.188. The van der Waals surface area contributed by atoms with Crippen LogP contribution >= 0.6 is 0 Å². The van der Waals surface area contributed by atoms with Crippen molar-refractivity contribution in [3.63, 3.8) is 0 Å². The summed E-state index contributed by atoms with van der Waals surface area (Å²) in [6, 6.07) is 10.7. The van der Waals surface area contributed by atoms with Crippen LogP contribution in [-0.2, 0) is 0 Å². The third-order valence-electron chi connectivity index (χ3n) is 3.25. The van der Waals surface area contributed by atoms with Crippen molar-refractivity contribution in [3.05, 3.63) is 59.7 Å². The van der Waals surface area contributed by atoms with Crippen molar-refractivity contribution in [1.29, 1.82) is 0 Å². The lowest BCUT2D eigenvalue weighted by atomic mass is 10.2. The third-order valence-corrected chi connectivity index (χ3v) is 3.25. The summed E-state index contributed by atoms with van der Waals surface area (Å²) in [5.41, 5.74) is 0.307. The molecule has 2 aromatic rings. The lowest BCUT2D eigenvalue weighted by Gasteiger charge is -2.07. The maximum Gasteiger partial charge on any atom is 0.274 e. The number of amides is 2. The number of benzene rings is 1. The highest BCUT2D eigenvalue weighted by Gasteiger charge is 2.24. The van der Waals surface area contributed by atoms with Crippen molar-refractivity contribution in [2.24, 2.45) is 0 Å². The molecule has 1 aliphatic rings. The Bertz CT molecular complexity index is 729. The van der Waals surface area contributed by atoms with Gasteiger partial charge in [0.05, 0.1) is 5.69 Å². The first-order valence-corrected chi connectivity index (χ1v) is 6.97. The maximum atomic E-state index is 13.5. The zero-order chi connectivity index (χ0) is 15.5. The molecule has 5 nitrogen and oxygen atoms in total. The summed E-state index contributed by atoms with van der Waals surface area (Å²) in [7, 11) is 0. The van der Waals surface area contributed by atoms with E-state index < -0.39 is 11.7 Å². The maximum absolute atomic E-state index is 13.5. The molecule has 1 aromatic heterocycles. The topological polar surface area (TPSA) is 71.1 Å². The van der Waals surface area contributed by atoms with E-state index in [1.165, 1.54) is 30.3 Å². The van der Waals surface area contributed by atoms with Crippen LogP contribution in [0.1, 0.15) is 33.8 Å². The summed E-state index contributed by atoms with van der Waals surface area (Å²) >= 11 is 0. The average molecular weight is 299 g/mol. The standard InChI is InChI=1S/C16H14FN3O2/c17-11-4-1-2-5-12(11)20-16(22)14-7-3-6-13(19-14)15(21)18-10-8-9-10/h1-7,10H,8-9H2,(H,18,21)(H,20,22). The van der Waals surface area contributed by atoms with Gasteiger partial charge in [0.15, 0.2) is 0 Å². The summed E-state index contributed by atoms with van der Waals surface area (Å²) in [4.78, 5) is 28.1. The minimum Gasteiger partial charge on any atom is -0.348 e. The van der Waals surface area contributed by atoms with Gasteiger partial charge < -0.3 is 10.6 Å². The molecular weight excluding hydrogens is 285 g/mol. The van der Waals surface area contributed by atoms with Crippen LogP contribution in [0, 0.1) is 5.82 Å². The molecule has 0 spiro atoms. The predicted octanol–water partition coefficient (Wildman–Crippen LogP) is 2.37. The minimum atomic E-state index is -0.564. The highest BCUT2D eigenvalue weighted by atomic mass is 19.1. The quantitative estimate of drug-likeness (QED) is 0.910. The molecule has 1 heterocycles. The summed E-state index contributed by atoms with van der Waals surface area (Å²) < 4.78 is 13.5. The van der Waals surface area contributed by atoms with Gasteiger partial charge in [0.2, 0.25) is 0 Å². The number of anilines is 1. The molecule has 22 heavy (non-hydrogen) atoms. The second-order valence-electron chi connectivity index (χ2n) is 5.09. The monoisotopic (exact) mass is 299 g/mol. The predicted molar refractivity (Wildman–Crippen MR) is 79.1 cm³/mol. The first-order chi connectivity index (χ1) is 10.6. The van der Waals surface area contributed by atoms with Crippen LogP contribution in [-0.4, -0.2) is 22.8 Å². The number of carbonyl (C=O) groups is 2. The fourth-order valence-electron chi connectivity index (χ4n) is 1.92. The van der Waals surface area contributed by atoms with Crippen molar-refractivity contribution in [2.45, 2.75) is 18.9 Å². The molecule has 1 saturated carbocycles. The second-order valence-corrected chi connectivity index (χ2v) is 5.09. The van der Waals surface area contributed by atoms with Crippen LogP contribution in [0.2, 0.25) is 0 Å². The molecule has 1 aliphatic carbocycles. The molecule has 1 aromatic carbocycles. The number of carbonyl (C=O) groups excluding carboxylic acids is 2. The molecule has 0 aliphatic heterocycles. The van der Waals surface area contributed by atoms with Crippen LogP contribution in [0.3, 0.4) is 0 Å². The molecule has 0 saturated heterocycles. The van der Waals surface area contributed by atoms with E-state index in [-0.39, 0.29) is 29.0 Å². The Hall–Kier alpha value is -2.76. The Kier molecular flexibility index (Phi) is 3.82. The Morgan fingerprint density at radius 3 is 2.36 bits per heavy atom. The number of aromatic nitrogens is 1. The van der Waals surface area contributed by atoms with Gasteiger partial charge in [-0.3, -0.25) is 9.59 Å². The molecule has 1 fully saturated rings. The average Bonchev–Trinajstić information content (AvgIpc) is 3.33. The fourth-order valence-corrected chi connectivity index (χ4v) is 1.92. The molecule has 0 unspecified atom stereocenters. The van der Waals surface area contributed by atoms with Crippen LogP contribution in [0.15, 0.2) is 42.5 Å². The number of halogens is 1. The minimum absolute atomic E-state index is 0.0618. The number of nitrogens with zero attached hydrogens (tertiary/aromatic N) is 1. The summed E-state index contributed by atoms with van der Waals surface area (Å²) in [5.74, 6) is -1.40. The lowest BCUT2D eigenvalue weighted by molar-refractivity contribution is 0.0946. The molecule has 6 heteroatoms. The van der Waals surface area contributed by atoms with Gasteiger partial charge in [-0.25, -0.2) is 9.37 Å². The van der Waals surface area contributed by atoms with E-state index in [9.17, 15) is 14.0 Å². The van der Waals surface area contributed by atoms with Crippen LogP contribution in [0.4, 0.5) is 10.1 Å². The Balaban J connectivity index is 1.75. The molecule has 112 valence electrons. The van der Waals surface area contributed by atoms with Crippen molar-refractivity contribution < 1.29 is 14.0 Å². The normalized spacial score (nSPS) is 13.5. The Labute approximate surface area is 126 Å². The number of nitrogens with one attached hydrogen (secondary N) is 2. The van der Waals surface area contributed by atoms with E-state index in [1.807, 2.05) is 0 Å². The smallest absolute Gasteiger partial charge is 0.274 e. The largest absolute Gasteiger partial charge is 0.348 e. The third kappa shape index (κ3) is 3.28.